The number of aliphatic hydroxyl groups excluding tert-OH is 1. The molecule has 0 aromatic heterocycles. The molecule has 0 saturated heterocycles. The van der Waals surface area contributed by atoms with Crippen molar-refractivity contribution >= 4 is 5.91 Å². The van der Waals surface area contributed by atoms with Gasteiger partial charge in [0.2, 0.25) is 5.91 Å². The molecule has 21 heavy (non-hydrogen) atoms. The van der Waals surface area contributed by atoms with Gasteiger partial charge in [-0.25, -0.2) is 0 Å². The lowest BCUT2D eigenvalue weighted by Crippen LogP contribution is -2.27. The zero-order valence-corrected chi connectivity index (χ0v) is 12.8. The van der Waals surface area contributed by atoms with Crippen molar-refractivity contribution in [3.63, 3.8) is 0 Å². The number of benzene rings is 1. The summed E-state index contributed by atoms with van der Waals surface area (Å²) in [4.78, 5) is 11.8. The maximum absolute atomic E-state index is 11.8. The fraction of sp³-hybridized carbons (Fsp3) is 0.471. The number of amides is 1. The predicted molar refractivity (Wildman–Crippen MR) is 82.7 cm³/mol. The van der Waals surface area contributed by atoms with Crippen LogP contribution in [0.3, 0.4) is 0 Å². The SMILES string of the molecule is COC(C)CCC(=O)NC(C)c1ccc(C#CCO)cc1. The molecule has 0 radical (unpaired) electrons. The van der Waals surface area contributed by atoms with Gasteiger partial charge in [0, 0.05) is 19.1 Å². The normalized spacial score (nSPS) is 13.0. The minimum absolute atomic E-state index is 0.0237. The van der Waals surface area contributed by atoms with Crippen molar-refractivity contribution in [1.29, 1.82) is 0 Å². The smallest absolute Gasteiger partial charge is 0.220 e. The van der Waals surface area contributed by atoms with Crippen LogP contribution < -0.4 is 5.32 Å². The van der Waals surface area contributed by atoms with E-state index in [2.05, 4.69) is 17.2 Å². The first kappa shape index (κ1) is 17.2. The highest BCUT2D eigenvalue weighted by atomic mass is 16.5. The summed E-state index contributed by atoms with van der Waals surface area (Å²) < 4.78 is 5.12. The van der Waals surface area contributed by atoms with E-state index >= 15 is 0 Å². The molecule has 0 aliphatic rings. The van der Waals surface area contributed by atoms with Gasteiger partial charge in [0.25, 0.3) is 0 Å². The number of carbonyl (C=O) groups excluding carboxylic acids is 1. The third kappa shape index (κ3) is 6.44. The van der Waals surface area contributed by atoms with Crippen molar-refractivity contribution in [3.05, 3.63) is 35.4 Å². The monoisotopic (exact) mass is 289 g/mol. The van der Waals surface area contributed by atoms with E-state index in [1.54, 1.807) is 7.11 Å². The quantitative estimate of drug-likeness (QED) is 0.788. The van der Waals surface area contributed by atoms with Crippen LogP contribution in [0.15, 0.2) is 24.3 Å². The highest BCUT2D eigenvalue weighted by Gasteiger charge is 2.10. The summed E-state index contributed by atoms with van der Waals surface area (Å²) in [6, 6.07) is 7.59. The topological polar surface area (TPSA) is 58.6 Å². The van der Waals surface area contributed by atoms with E-state index in [-0.39, 0.29) is 24.7 Å². The van der Waals surface area contributed by atoms with E-state index in [1.165, 1.54) is 0 Å². The number of nitrogens with one attached hydrogen (secondary N) is 1. The number of rotatable bonds is 6. The molecule has 0 heterocycles. The van der Waals surface area contributed by atoms with Gasteiger partial charge < -0.3 is 15.2 Å². The molecule has 4 nitrogen and oxygen atoms in total. The van der Waals surface area contributed by atoms with Crippen LogP contribution in [-0.2, 0) is 9.53 Å². The maximum atomic E-state index is 11.8. The fourth-order valence-corrected chi connectivity index (χ4v) is 1.85. The molecule has 1 aromatic carbocycles. The first-order valence-corrected chi connectivity index (χ1v) is 7.08. The molecule has 2 N–H and O–H groups in total. The van der Waals surface area contributed by atoms with Crippen molar-refractivity contribution in [3.8, 4) is 11.8 Å². The van der Waals surface area contributed by atoms with Crippen LogP contribution in [-0.4, -0.2) is 30.8 Å². The molecule has 0 saturated carbocycles. The molecule has 1 aromatic rings. The van der Waals surface area contributed by atoms with Gasteiger partial charge in [-0.3, -0.25) is 4.79 Å². The van der Waals surface area contributed by atoms with E-state index in [9.17, 15) is 4.79 Å². The first-order chi connectivity index (χ1) is 10.1. The van der Waals surface area contributed by atoms with Gasteiger partial charge in [-0.05, 0) is 38.0 Å². The predicted octanol–water partition coefficient (Wildman–Crippen LogP) is 2.02. The summed E-state index contributed by atoms with van der Waals surface area (Å²) in [5.41, 5.74) is 1.87. The Bertz CT molecular complexity index is 499. The Morgan fingerprint density at radius 1 is 1.33 bits per heavy atom. The molecule has 2 atom stereocenters. The van der Waals surface area contributed by atoms with Crippen molar-refractivity contribution < 1.29 is 14.6 Å². The summed E-state index contributed by atoms with van der Waals surface area (Å²) in [7, 11) is 1.65. The summed E-state index contributed by atoms with van der Waals surface area (Å²) in [5.74, 6) is 5.47. The van der Waals surface area contributed by atoms with Gasteiger partial charge in [-0.1, -0.05) is 24.0 Å². The lowest BCUT2D eigenvalue weighted by atomic mass is 10.1. The highest BCUT2D eigenvalue weighted by molar-refractivity contribution is 5.76. The third-order valence-electron chi connectivity index (χ3n) is 3.28. The lowest BCUT2D eigenvalue weighted by molar-refractivity contribution is -0.122. The largest absolute Gasteiger partial charge is 0.384 e. The van der Waals surface area contributed by atoms with E-state index in [4.69, 9.17) is 9.84 Å². The highest BCUT2D eigenvalue weighted by Crippen LogP contribution is 2.13. The minimum Gasteiger partial charge on any atom is -0.384 e. The number of carbonyl (C=O) groups is 1. The zero-order valence-electron chi connectivity index (χ0n) is 12.8. The summed E-state index contributed by atoms with van der Waals surface area (Å²) in [5, 5.41) is 11.6. The number of hydrogen-bond acceptors (Lipinski definition) is 3. The molecule has 0 aliphatic carbocycles. The molecule has 0 aliphatic heterocycles. The van der Waals surface area contributed by atoms with Crippen molar-refractivity contribution in [1.82, 2.24) is 5.32 Å². The Kier molecular flexibility index (Phi) is 7.52. The van der Waals surface area contributed by atoms with E-state index in [0.29, 0.717) is 12.8 Å². The van der Waals surface area contributed by atoms with Crippen molar-refractivity contribution in [2.24, 2.45) is 0 Å². The van der Waals surface area contributed by atoms with Gasteiger partial charge >= 0.3 is 0 Å². The lowest BCUT2D eigenvalue weighted by Gasteiger charge is -2.15. The number of aliphatic hydroxyl groups is 1. The molecule has 1 amide bonds. The van der Waals surface area contributed by atoms with Crippen LogP contribution in [0.25, 0.3) is 0 Å². The Balaban J connectivity index is 2.51. The standard InChI is InChI=1S/C17H23NO3/c1-13(21-3)6-11-17(20)18-14(2)16-9-7-15(8-10-16)5-4-12-19/h7-10,13-14,19H,6,11-12H2,1-3H3,(H,18,20). The maximum Gasteiger partial charge on any atom is 0.220 e. The molecular formula is C17H23NO3. The van der Waals surface area contributed by atoms with Gasteiger partial charge in [-0.15, -0.1) is 0 Å². The Morgan fingerprint density at radius 2 is 2.00 bits per heavy atom. The summed E-state index contributed by atoms with van der Waals surface area (Å²) in [6.07, 6.45) is 1.26. The minimum atomic E-state index is -0.145. The first-order valence-electron chi connectivity index (χ1n) is 7.08. The van der Waals surface area contributed by atoms with Gasteiger partial charge in [-0.2, -0.15) is 0 Å². The number of hydrogen-bond donors (Lipinski definition) is 2. The van der Waals surface area contributed by atoms with Crippen LogP contribution in [0.1, 0.15) is 43.9 Å². The zero-order chi connectivity index (χ0) is 15.7. The molecule has 0 fully saturated rings. The van der Waals surface area contributed by atoms with Crippen LogP contribution in [0.5, 0.6) is 0 Å². The second kappa shape index (κ2) is 9.17. The average Bonchev–Trinajstić information content (AvgIpc) is 2.50. The molecule has 0 bridgehead atoms. The van der Waals surface area contributed by atoms with Crippen molar-refractivity contribution in [2.75, 3.05) is 13.7 Å². The Morgan fingerprint density at radius 3 is 2.57 bits per heavy atom. The molecular weight excluding hydrogens is 266 g/mol. The number of methoxy groups -OCH3 is 1. The molecule has 114 valence electrons. The molecule has 0 spiro atoms. The Hall–Kier alpha value is -1.83. The van der Waals surface area contributed by atoms with Crippen LogP contribution >= 0.6 is 0 Å². The Labute approximate surface area is 126 Å². The number of ether oxygens (including phenoxy) is 1. The van der Waals surface area contributed by atoms with Crippen LogP contribution in [0.2, 0.25) is 0 Å². The van der Waals surface area contributed by atoms with Gasteiger partial charge in [0.05, 0.1) is 12.1 Å². The molecule has 1 rings (SSSR count). The third-order valence-corrected chi connectivity index (χ3v) is 3.28. The molecule has 2 unspecified atom stereocenters. The summed E-state index contributed by atoms with van der Waals surface area (Å²) in [6.45, 7) is 3.75. The van der Waals surface area contributed by atoms with Crippen LogP contribution in [0.4, 0.5) is 0 Å². The van der Waals surface area contributed by atoms with E-state index in [1.807, 2.05) is 38.1 Å². The van der Waals surface area contributed by atoms with E-state index < -0.39 is 0 Å². The fourth-order valence-electron chi connectivity index (χ4n) is 1.85. The van der Waals surface area contributed by atoms with Gasteiger partial charge in [0.15, 0.2) is 0 Å². The van der Waals surface area contributed by atoms with Crippen molar-refractivity contribution in [2.45, 2.75) is 38.8 Å². The summed E-state index contributed by atoms with van der Waals surface area (Å²) >= 11 is 0. The average molecular weight is 289 g/mol. The van der Waals surface area contributed by atoms with Crippen LogP contribution in [0, 0.1) is 11.8 Å². The second-order valence-electron chi connectivity index (χ2n) is 4.96. The molecule has 4 heteroatoms. The van der Waals surface area contributed by atoms with Gasteiger partial charge in [0.1, 0.15) is 6.61 Å². The van der Waals surface area contributed by atoms with E-state index in [0.717, 1.165) is 11.1 Å². The second-order valence-corrected chi connectivity index (χ2v) is 4.96.